The fourth-order valence-corrected chi connectivity index (χ4v) is 1.95. The lowest BCUT2D eigenvalue weighted by molar-refractivity contribution is 0.413. The van der Waals surface area contributed by atoms with E-state index in [9.17, 15) is 0 Å². The first kappa shape index (κ1) is 13.8. The first-order valence-corrected chi connectivity index (χ1v) is 6.22. The summed E-state index contributed by atoms with van der Waals surface area (Å²) >= 11 is 0. The number of benzene rings is 1. The van der Waals surface area contributed by atoms with Crippen LogP contribution in [-0.2, 0) is 0 Å². The highest BCUT2D eigenvalue weighted by atomic mass is 16.5. The maximum atomic E-state index is 5.17. The van der Waals surface area contributed by atoms with Crippen LogP contribution in [0.25, 0.3) is 0 Å². The molecule has 1 N–H and O–H groups in total. The van der Waals surface area contributed by atoms with Gasteiger partial charge in [0.2, 0.25) is 0 Å². The van der Waals surface area contributed by atoms with Gasteiger partial charge in [0.25, 0.3) is 0 Å². The van der Waals surface area contributed by atoms with E-state index in [1.807, 2.05) is 18.2 Å². The molecular formula is C15H23NO. The lowest BCUT2D eigenvalue weighted by Gasteiger charge is -2.22. The zero-order valence-corrected chi connectivity index (χ0v) is 11.1. The van der Waals surface area contributed by atoms with Crippen molar-refractivity contribution in [3.05, 3.63) is 42.5 Å². The Kier molecular flexibility index (Phi) is 5.78. The summed E-state index contributed by atoms with van der Waals surface area (Å²) in [5.41, 5.74) is 1.31. The van der Waals surface area contributed by atoms with Crippen molar-refractivity contribution in [2.24, 2.45) is 0 Å². The third kappa shape index (κ3) is 4.23. The Morgan fingerprint density at radius 1 is 1.35 bits per heavy atom. The largest absolute Gasteiger partial charge is 0.497 e. The van der Waals surface area contributed by atoms with Crippen molar-refractivity contribution < 1.29 is 4.74 Å². The van der Waals surface area contributed by atoms with Crippen LogP contribution in [0.4, 0.5) is 0 Å². The highest BCUT2D eigenvalue weighted by Gasteiger charge is 2.11. The van der Waals surface area contributed by atoms with E-state index in [-0.39, 0.29) is 0 Å². The van der Waals surface area contributed by atoms with Gasteiger partial charge in [0.05, 0.1) is 7.11 Å². The van der Waals surface area contributed by atoms with Crippen molar-refractivity contribution >= 4 is 0 Å². The number of nitrogens with one attached hydrogen (secondary N) is 1. The number of ether oxygens (including phenoxy) is 1. The Labute approximate surface area is 105 Å². The van der Waals surface area contributed by atoms with E-state index in [2.05, 4.69) is 37.9 Å². The maximum absolute atomic E-state index is 5.17. The minimum atomic E-state index is 0.399. The van der Waals surface area contributed by atoms with Crippen molar-refractivity contribution in [2.45, 2.75) is 38.8 Å². The lowest BCUT2D eigenvalue weighted by Crippen LogP contribution is -2.29. The van der Waals surface area contributed by atoms with Gasteiger partial charge < -0.3 is 10.1 Å². The van der Waals surface area contributed by atoms with Crippen LogP contribution in [0.3, 0.4) is 0 Å². The number of rotatable bonds is 7. The van der Waals surface area contributed by atoms with Crippen LogP contribution in [0.1, 0.15) is 38.3 Å². The third-order valence-electron chi connectivity index (χ3n) is 2.93. The molecule has 1 aromatic rings. The van der Waals surface area contributed by atoms with Gasteiger partial charge >= 0.3 is 0 Å². The molecule has 1 aromatic carbocycles. The van der Waals surface area contributed by atoms with Gasteiger partial charge in [-0.1, -0.05) is 25.1 Å². The third-order valence-corrected chi connectivity index (χ3v) is 2.93. The molecule has 0 aliphatic heterocycles. The van der Waals surface area contributed by atoms with Crippen molar-refractivity contribution in [3.8, 4) is 5.75 Å². The predicted molar refractivity (Wildman–Crippen MR) is 73.4 cm³/mol. The van der Waals surface area contributed by atoms with Crippen molar-refractivity contribution in [1.82, 2.24) is 5.32 Å². The summed E-state index contributed by atoms with van der Waals surface area (Å²) in [6.45, 7) is 8.16. The standard InChI is InChI=1S/C15H23NO/c1-5-7-12(3)16-15(6-2)13-8-10-14(17-4)11-9-13/h5,8-12,15-16H,1,6-7H2,2-4H3. The van der Waals surface area contributed by atoms with Gasteiger partial charge in [-0.25, -0.2) is 0 Å². The first-order chi connectivity index (χ1) is 8.21. The van der Waals surface area contributed by atoms with E-state index < -0.39 is 0 Å². The van der Waals surface area contributed by atoms with E-state index in [1.165, 1.54) is 5.56 Å². The molecule has 0 saturated heterocycles. The Bertz CT molecular complexity index is 331. The van der Waals surface area contributed by atoms with Gasteiger partial charge in [0.15, 0.2) is 0 Å². The second-order valence-electron chi connectivity index (χ2n) is 4.33. The fourth-order valence-electron chi connectivity index (χ4n) is 1.95. The summed E-state index contributed by atoms with van der Waals surface area (Å²) in [5, 5.41) is 3.61. The van der Waals surface area contributed by atoms with Crippen molar-refractivity contribution in [1.29, 1.82) is 0 Å². The Balaban J connectivity index is 2.68. The molecule has 2 unspecified atom stereocenters. The number of hydrogen-bond donors (Lipinski definition) is 1. The zero-order chi connectivity index (χ0) is 12.7. The predicted octanol–water partition coefficient (Wildman–Crippen LogP) is 3.70. The van der Waals surface area contributed by atoms with Crippen LogP contribution < -0.4 is 10.1 Å². The van der Waals surface area contributed by atoms with E-state index in [0.717, 1.165) is 18.6 Å². The van der Waals surface area contributed by atoms with E-state index in [1.54, 1.807) is 7.11 Å². The van der Waals surface area contributed by atoms with Crippen LogP contribution in [0.2, 0.25) is 0 Å². The van der Waals surface area contributed by atoms with Gasteiger partial charge in [0.1, 0.15) is 5.75 Å². The van der Waals surface area contributed by atoms with Crippen molar-refractivity contribution in [2.75, 3.05) is 7.11 Å². The van der Waals surface area contributed by atoms with Gasteiger partial charge in [-0.2, -0.15) is 0 Å². The Morgan fingerprint density at radius 3 is 2.47 bits per heavy atom. The molecule has 94 valence electrons. The monoisotopic (exact) mass is 233 g/mol. The summed E-state index contributed by atoms with van der Waals surface area (Å²) < 4.78 is 5.17. The van der Waals surface area contributed by atoms with Gasteiger partial charge in [-0.05, 0) is 37.5 Å². The number of methoxy groups -OCH3 is 1. The molecule has 1 rings (SSSR count). The lowest BCUT2D eigenvalue weighted by atomic mass is 10.0. The molecule has 2 nitrogen and oxygen atoms in total. The van der Waals surface area contributed by atoms with Crippen LogP contribution in [0.15, 0.2) is 36.9 Å². The molecule has 17 heavy (non-hydrogen) atoms. The van der Waals surface area contributed by atoms with Crippen molar-refractivity contribution in [3.63, 3.8) is 0 Å². The van der Waals surface area contributed by atoms with Crippen LogP contribution in [0, 0.1) is 0 Å². The van der Waals surface area contributed by atoms with Crippen LogP contribution >= 0.6 is 0 Å². The van der Waals surface area contributed by atoms with Gasteiger partial charge in [0, 0.05) is 12.1 Å². The Hall–Kier alpha value is -1.28. The molecule has 2 heteroatoms. The van der Waals surface area contributed by atoms with E-state index in [4.69, 9.17) is 4.74 Å². The smallest absolute Gasteiger partial charge is 0.118 e. The second kappa shape index (κ2) is 7.13. The Morgan fingerprint density at radius 2 is 2.00 bits per heavy atom. The summed E-state index contributed by atoms with van der Waals surface area (Å²) in [6, 6.07) is 9.13. The molecule has 0 bridgehead atoms. The molecular weight excluding hydrogens is 210 g/mol. The zero-order valence-electron chi connectivity index (χ0n) is 11.1. The quantitative estimate of drug-likeness (QED) is 0.725. The first-order valence-electron chi connectivity index (χ1n) is 6.22. The molecule has 2 atom stereocenters. The maximum Gasteiger partial charge on any atom is 0.118 e. The average molecular weight is 233 g/mol. The molecule has 0 spiro atoms. The van der Waals surface area contributed by atoms with Gasteiger partial charge in [-0.15, -0.1) is 6.58 Å². The molecule has 0 heterocycles. The topological polar surface area (TPSA) is 21.3 Å². The summed E-state index contributed by atoms with van der Waals surface area (Å²) in [4.78, 5) is 0. The highest BCUT2D eigenvalue weighted by molar-refractivity contribution is 5.29. The average Bonchev–Trinajstić information content (AvgIpc) is 2.36. The van der Waals surface area contributed by atoms with Gasteiger partial charge in [-0.3, -0.25) is 0 Å². The fraction of sp³-hybridized carbons (Fsp3) is 0.467. The molecule has 0 aliphatic rings. The summed E-state index contributed by atoms with van der Waals surface area (Å²) in [7, 11) is 1.69. The van der Waals surface area contributed by atoms with E-state index >= 15 is 0 Å². The SMILES string of the molecule is C=CCC(C)NC(CC)c1ccc(OC)cc1. The molecule has 0 radical (unpaired) electrons. The minimum absolute atomic E-state index is 0.399. The minimum Gasteiger partial charge on any atom is -0.497 e. The molecule has 0 saturated carbocycles. The highest BCUT2D eigenvalue weighted by Crippen LogP contribution is 2.20. The van der Waals surface area contributed by atoms with Crippen LogP contribution in [-0.4, -0.2) is 13.2 Å². The number of hydrogen-bond acceptors (Lipinski definition) is 2. The van der Waals surface area contributed by atoms with E-state index in [0.29, 0.717) is 12.1 Å². The summed E-state index contributed by atoms with van der Waals surface area (Å²) in [6.07, 6.45) is 4.03. The molecule has 0 aliphatic carbocycles. The molecule has 0 fully saturated rings. The second-order valence-corrected chi connectivity index (χ2v) is 4.33. The molecule has 0 aromatic heterocycles. The summed E-state index contributed by atoms with van der Waals surface area (Å²) in [5.74, 6) is 0.905. The molecule has 0 amide bonds. The van der Waals surface area contributed by atoms with Crippen LogP contribution in [0.5, 0.6) is 5.75 Å². The normalized spacial score (nSPS) is 14.1.